The minimum atomic E-state index is -0.480. The molecule has 3 rings (SSSR count). The monoisotopic (exact) mass is 333 g/mol. The van der Waals surface area contributed by atoms with Crippen molar-refractivity contribution in [3.8, 4) is 0 Å². The topological polar surface area (TPSA) is 93.4 Å². The molecule has 1 aliphatic rings. The Bertz CT molecular complexity index is 765. The van der Waals surface area contributed by atoms with Gasteiger partial charge in [-0.2, -0.15) is 4.98 Å². The molecule has 1 N–H and O–H groups in total. The van der Waals surface area contributed by atoms with Gasteiger partial charge in [0.15, 0.2) is 0 Å². The van der Waals surface area contributed by atoms with Gasteiger partial charge in [-0.25, -0.2) is 9.37 Å². The fraction of sp³-hybridized carbons (Fsp3) is 0.333. The van der Waals surface area contributed by atoms with Gasteiger partial charge in [0.1, 0.15) is 11.5 Å². The highest BCUT2D eigenvalue weighted by Crippen LogP contribution is 2.31. The Balaban J connectivity index is 1.98. The third-order valence-electron chi connectivity index (χ3n) is 3.61. The standard InChI is InChI=1S/C15H16FN5O3/c1-10-13(21(22)23)14(20-5-7-24-8-6-20)19-15(17-10)18-12-4-2-3-11(16)9-12/h2-4,9H,5-8H2,1H3,(H,17,18,19). The highest BCUT2D eigenvalue weighted by atomic mass is 19.1. The highest BCUT2D eigenvalue weighted by molar-refractivity contribution is 5.64. The summed E-state index contributed by atoms with van der Waals surface area (Å²) in [7, 11) is 0. The van der Waals surface area contributed by atoms with Crippen molar-refractivity contribution in [2.45, 2.75) is 6.92 Å². The predicted octanol–water partition coefficient (Wildman–Crippen LogP) is 2.41. The molecule has 0 spiro atoms. The van der Waals surface area contributed by atoms with E-state index in [1.165, 1.54) is 12.1 Å². The van der Waals surface area contributed by atoms with Gasteiger partial charge < -0.3 is 15.0 Å². The second kappa shape index (κ2) is 6.75. The molecule has 0 amide bonds. The predicted molar refractivity (Wildman–Crippen MR) is 86.1 cm³/mol. The summed E-state index contributed by atoms with van der Waals surface area (Å²) in [6, 6.07) is 5.84. The van der Waals surface area contributed by atoms with Gasteiger partial charge in [-0.05, 0) is 25.1 Å². The van der Waals surface area contributed by atoms with E-state index in [1.54, 1.807) is 24.0 Å². The molecular formula is C15H16FN5O3. The SMILES string of the molecule is Cc1nc(Nc2cccc(F)c2)nc(N2CCOCC2)c1[N+](=O)[O-]. The van der Waals surface area contributed by atoms with Crippen LogP contribution >= 0.6 is 0 Å². The molecule has 8 nitrogen and oxygen atoms in total. The lowest BCUT2D eigenvalue weighted by Gasteiger charge is -2.27. The summed E-state index contributed by atoms with van der Waals surface area (Å²) < 4.78 is 18.6. The number of nitrogens with zero attached hydrogens (tertiary/aromatic N) is 4. The zero-order valence-electron chi connectivity index (χ0n) is 13.0. The van der Waals surface area contributed by atoms with Crippen molar-refractivity contribution >= 4 is 23.1 Å². The van der Waals surface area contributed by atoms with Crippen molar-refractivity contribution in [3.63, 3.8) is 0 Å². The summed E-state index contributed by atoms with van der Waals surface area (Å²) in [6.45, 7) is 3.54. The summed E-state index contributed by atoms with van der Waals surface area (Å²) in [5.41, 5.74) is 0.591. The van der Waals surface area contributed by atoms with Crippen LogP contribution in [0.3, 0.4) is 0 Å². The fourth-order valence-electron chi connectivity index (χ4n) is 2.51. The average Bonchev–Trinajstić information content (AvgIpc) is 2.54. The Morgan fingerprint density at radius 1 is 1.33 bits per heavy atom. The van der Waals surface area contributed by atoms with Crippen LogP contribution in [0.4, 0.5) is 27.5 Å². The number of benzene rings is 1. The number of aryl methyl sites for hydroxylation is 1. The van der Waals surface area contributed by atoms with E-state index in [0.29, 0.717) is 32.0 Å². The minimum Gasteiger partial charge on any atom is -0.378 e. The van der Waals surface area contributed by atoms with Gasteiger partial charge >= 0.3 is 5.69 Å². The van der Waals surface area contributed by atoms with Gasteiger partial charge in [-0.1, -0.05) is 6.07 Å². The zero-order chi connectivity index (χ0) is 17.1. The third-order valence-corrected chi connectivity index (χ3v) is 3.61. The van der Waals surface area contributed by atoms with Crippen LogP contribution in [0, 0.1) is 22.9 Å². The van der Waals surface area contributed by atoms with Crippen LogP contribution in [-0.4, -0.2) is 41.2 Å². The van der Waals surface area contributed by atoms with Crippen LogP contribution < -0.4 is 10.2 Å². The first-order chi connectivity index (χ1) is 11.5. The zero-order valence-corrected chi connectivity index (χ0v) is 13.0. The number of nitro groups is 1. The summed E-state index contributed by atoms with van der Waals surface area (Å²) in [4.78, 5) is 21.1. The van der Waals surface area contributed by atoms with Crippen LogP contribution in [0.25, 0.3) is 0 Å². The molecular weight excluding hydrogens is 317 g/mol. The van der Waals surface area contributed by atoms with Crippen LogP contribution in [0.5, 0.6) is 0 Å². The first-order valence-corrected chi connectivity index (χ1v) is 7.43. The summed E-state index contributed by atoms with van der Waals surface area (Å²) in [6.07, 6.45) is 0. The normalized spacial score (nSPS) is 14.5. The van der Waals surface area contributed by atoms with Gasteiger partial charge in [-0.3, -0.25) is 10.1 Å². The molecule has 1 aromatic carbocycles. The van der Waals surface area contributed by atoms with E-state index in [0.717, 1.165) is 0 Å². The maximum absolute atomic E-state index is 13.3. The number of rotatable bonds is 4. The first-order valence-electron chi connectivity index (χ1n) is 7.43. The van der Waals surface area contributed by atoms with Gasteiger partial charge in [0, 0.05) is 18.8 Å². The van der Waals surface area contributed by atoms with Gasteiger partial charge in [0.25, 0.3) is 0 Å². The molecule has 9 heteroatoms. The molecule has 0 saturated carbocycles. The number of halogens is 1. The van der Waals surface area contributed by atoms with Gasteiger partial charge in [-0.15, -0.1) is 0 Å². The number of hydrogen-bond donors (Lipinski definition) is 1. The van der Waals surface area contributed by atoms with Crippen molar-refractivity contribution in [3.05, 3.63) is 45.9 Å². The number of ether oxygens (including phenoxy) is 1. The van der Waals surface area contributed by atoms with Gasteiger partial charge in [0.05, 0.1) is 18.1 Å². The van der Waals surface area contributed by atoms with E-state index in [2.05, 4.69) is 15.3 Å². The van der Waals surface area contributed by atoms with Crippen LogP contribution in [0.15, 0.2) is 24.3 Å². The Kier molecular flexibility index (Phi) is 4.52. The molecule has 1 aliphatic heterocycles. The van der Waals surface area contributed by atoms with E-state index < -0.39 is 10.7 Å². The molecule has 2 heterocycles. The molecule has 1 aromatic heterocycles. The molecule has 0 aliphatic carbocycles. The van der Waals surface area contributed by atoms with Crippen molar-refractivity contribution < 1.29 is 14.1 Å². The second-order valence-corrected chi connectivity index (χ2v) is 5.30. The Morgan fingerprint density at radius 3 is 2.75 bits per heavy atom. The molecule has 2 aromatic rings. The maximum atomic E-state index is 13.3. The average molecular weight is 333 g/mol. The molecule has 0 bridgehead atoms. The molecule has 0 unspecified atom stereocenters. The lowest BCUT2D eigenvalue weighted by Crippen LogP contribution is -2.37. The minimum absolute atomic E-state index is 0.123. The molecule has 1 fully saturated rings. The van der Waals surface area contributed by atoms with E-state index in [9.17, 15) is 14.5 Å². The summed E-state index contributed by atoms with van der Waals surface area (Å²) in [5, 5.41) is 14.3. The van der Waals surface area contributed by atoms with Crippen LogP contribution in [0.2, 0.25) is 0 Å². The Hall–Kier alpha value is -2.81. The van der Waals surface area contributed by atoms with Crippen molar-refractivity contribution in [2.24, 2.45) is 0 Å². The lowest BCUT2D eigenvalue weighted by molar-refractivity contribution is -0.385. The summed E-state index contributed by atoms with van der Waals surface area (Å²) in [5.74, 6) is 0.0342. The number of morpholine rings is 1. The number of hydrogen-bond acceptors (Lipinski definition) is 7. The van der Waals surface area contributed by atoms with Crippen molar-refractivity contribution in [1.82, 2.24) is 9.97 Å². The maximum Gasteiger partial charge on any atom is 0.332 e. The van der Waals surface area contributed by atoms with Gasteiger partial charge in [0.2, 0.25) is 11.8 Å². The van der Waals surface area contributed by atoms with E-state index in [-0.39, 0.29) is 23.1 Å². The largest absolute Gasteiger partial charge is 0.378 e. The Labute approximate surface area is 137 Å². The fourth-order valence-corrected chi connectivity index (χ4v) is 2.51. The smallest absolute Gasteiger partial charge is 0.332 e. The number of anilines is 3. The third kappa shape index (κ3) is 3.40. The van der Waals surface area contributed by atoms with Crippen molar-refractivity contribution in [1.29, 1.82) is 0 Å². The van der Waals surface area contributed by atoms with E-state index in [1.807, 2.05) is 0 Å². The van der Waals surface area contributed by atoms with E-state index >= 15 is 0 Å². The van der Waals surface area contributed by atoms with Crippen LogP contribution in [0.1, 0.15) is 5.69 Å². The molecule has 24 heavy (non-hydrogen) atoms. The molecule has 126 valence electrons. The quantitative estimate of drug-likeness (QED) is 0.678. The van der Waals surface area contributed by atoms with Crippen molar-refractivity contribution in [2.75, 3.05) is 36.5 Å². The first kappa shape index (κ1) is 16.1. The molecule has 0 atom stereocenters. The molecule has 0 radical (unpaired) electrons. The van der Waals surface area contributed by atoms with Crippen LogP contribution in [-0.2, 0) is 4.74 Å². The lowest BCUT2D eigenvalue weighted by atomic mass is 10.3. The Morgan fingerprint density at radius 2 is 2.08 bits per heavy atom. The number of nitrogens with one attached hydrogen (secondary N) is 1. The second-order valence-electron chi connectivity index (χ2n) is 5.30. The highest BCUT2D eigenvalue weighted by Gasteiger charge is 2.27. The van der Waals surface area contributed by atoms with E-state index in [4.69, 9.17) is 4.74 Å². The summed E-state index contributed by atoms with van der Waals surface area (Å²) >= 11 is 0. The molecule has 1 saturated heterocycles. The number of aromatic nitrogens is 2.